The molecule has 10 heavy (non-hydrogen) atoms. The van der Waals surface area contributed by atoms with Gasteiger partial charge in [-0.3, -0.25) is 4.90 Å². The second-order valence-electron chi connectivity index (χ2n) is 4.22. The van der Waals surface area contributed by atoms with Crippen LogP contribution in [0.2, 0.25) is 0 Å². The summed E-state index contributed by atoms with van der Waals surface area (Å²) in [5.74, 6) is 0.983. The summed E-state index contributed by atoms with van der Waals surface area (Å²) in [7, 11) is 0. The van der Waals surface area contributed by atoms with Gasteiger partial charge in [-0.05, 0) is 25.2 Å². The van der Waals surface area contributed by atoms with Crippen molar-refractivity contribution in [3.63, 3.8) is 0 Å². The average Bonchev–Trinajstić information content (AvgIpc) is 2.56. The fraction of sp³-hybridized carbons (Fsp3) is 1.00. The van der Waals surface area contributed by atoms with E-state index < -0.39 is 0 Å². The smallest absolute Gasteiger partial charge is 0.0366 e. The van der Waals surface area contributed by atoms with Crippen LogP contribution in [0.3, 0.4) is 0 Å². The van der Waals surface area contributed by atoms with Crippen LogP contribution in [0, 0.1) is 5.92 Å². The van der Waals surface area contributed by atoms with Gasteiger partial charge in [-0.15, -0.1) is 0 Å². The zero-order valence-electron chi connectivity index (χ0n) is 6.21. The Morgan fingerprint density at radius 2 is 2.40 bits per heavy atom. The SMILES string of the molecule is NC1CC2CCC23CN3C1. The molecule has 1 spiro atoms. The summed E-state index contributed by atoms with van der Waals surface area (Å²) in [6.45, 7) is 2.54. The Balaban J connectivity index is 1.85. The Kier molecular flexibility index (Phi) is 0.783. The van der Waals surface area contributed by atoms with Gasteiger partial charge < -0.3 is 5.73 Å². The maximum atomic E-state index is 5.89. The second kappa shape index (κ2) is 1.41. The summed E-state index contributed by atoms with van der Waals surface area (Å²) in [5, 5.41) is 0. The lowest BCUT2D eigenvalue weighted by Crippen LogP contribution is -2.50. The molecule has 0 aromatic carbocycles. The molecule has 3 fully saturated rings. The molecule has 1 aliphatic carbocycles. The minimum Gasteiger partial charge on any atom is -0.327 e. The van der Waals surface area contributed by atoms with Crippen molar-refractivity contribution in [3.05, 3.63) is 0 Å². The quantitative estimate of drug-likeness (QED) is 0.484. The van der Waals surface area contributed by atoms with Crippen molar-refractivity contribution in [2.45, 2.75) is 30.8 Å². The fourth-order valence-electron chi connectivity index (χ4n) is 2.91. The number of nitrogens with two attached hydrogens (primary N) is 1. The highest BCUT2D eigenvalue weighted by atomic mass is 15.4. The Bertz CT molecular complexity index is 180. The lowest BCUT2D eigenvalue weighted by Gasteiger charge is -2.43. The van der Waals surface area contributed by atoms with Gasteiger partial charge in [-0.1, -0.05) is 0 Å². The molecule has 3 aliphatic rings. The molecule has 56 valence electrons. The van der Waals surface area contributed by atoms with Crippen LogP contribution in [0.1, 0.15) is 19.3 Å². The lowest BCUT2D eigenvalue weighted by molar-refractivity contribution is 0.102. The van der Waals surface area contributed by atoms with Crippen LogP contribution in [-0.4, -0.2) is 29.6 Å². The first kappa shape index (κ1) is 5.56. The number of rotatable bonds is 0. The Hall–Kier alpha value is -0.0800. The van der Waals surface area contributed by atoms with Gasteiger partial charge in [0, 0.05) is 24.7 Å². The van der Waals surface area contributed by atoms with Crippen LogP contribution >= 0.6 is 0 Å². The summed E-state index contributed by atoms with van der Waals surface area (Å²) in [4.78, 5) is 2.58. The van der Waals surface area contributed by atoms with Gasteiger partial charge in [0.25, 0.3) is 0 Å². The van der Waals surface area contributed by atoms with Gasteiger partial charge in [-0.25, -0.2) is 0 Å². The molecule has 2 nitrogen and oxygen atoms in total. The second-order valence-corrected chi connectivity index (χ2v) is 4.22. The summed E-state index contributed by atoms with van der Waals surface area (Å²) in [6.07, 6.45) is 4.21. The number of nitrogens with zero attached hydrogens (tertiary/aromatic N) is 1. The molecule has 2 N–H and O–H groups in total. The maximum absolute atomic E-state index is 5.89. The van der Waals surface area contributed by atoms with Crippen molar-refractivity contribution in [1.29, 1.82) is 0 Å². The normalized spacial score (nSPS) is 63.9. The van der Waals surface area contributed by atoms with Gasteiger partial charge in [0.2, 0.25) is 0 Å². The Labute approximate surface area is 61.4 Å². The minimum atomic E-state index is 0.487. The first-order chi connectivity index (χ1) is 4.81. The summed E-state index contributed by atoms with van der Waals surface area (Å²) in [5.41, 5.74) is 6.61. The van der Waals surface area contributed by atoms with Gasteiger partial charge >= 0.3 is 0 Å². The summed E-state index contributed by atoms with van der Waals surface area (Å²) < 4.78 is 0. The van der Waals surface area contributed by atoms with E-state index >= 15 is 0 Å². The number of hydrogen-bond donors (Lipinski definition) is 1. The maximum Gasteiger partial charge on any atom is 0.0366 e. The molecule has 0 bridgehead atoms. The van der Waals surface area contributed by atoms with E-state index in [2.05, 4.69) is 4.90 Å². The first-order valence-electron chi connectivity index (χ1n) is 4.32. The zero-order valence-corrected chi connectivity index (χ0v) is 6.21. The number of piperidine rings is 1. The lowest BCUT2D eigenvalue weighted by atomic mass is 9.68. The van der Waals surface area contributed by atoms with E-state index in [1.807, 2.05) is 0 Å². The zero-order chi connectivity index (χ0) is 6.77. The molecular weight excluding hydrogens is 124 g/mol. The molecule has 2 saturated heterocycles. The molecule has 0 aromatic rings. The summed E-state index contributed by atoms with van der Waals surface area (Å²) in [6, 6.07) is 0.487. The molecule has 2 heterocycles. The van der Waals surface area contributed by atoms with Crippen LogP contribution in [0.25, 0.3) is 0 Å². The van der Waals surface area contributed by atoms with Gasteiger partial charge in [0.05, 0.1) is 0 Å². The Morgan fingerprint density at radius 3 is 3.00 bits per heavy atom. The molecule has 2 aliphatic heterocycles. The standard InChI is InChI=1S/C8H14N2/c9-7-3-6-1-2-8(6)5-10(8)4-7/h6-7H,1-5,9H2. The van der Waals surface area contributed by atoms with Crippen LogP contribution in [-0.2, 0) is 0 Å². The van der Waals surface area contributed by atoms with E-state index in [4.69, 9.17) is 5.73 Å². The molecule has 0 aromatic heterocycles. The molecule has 0 amide bonds. The fourth-order valence-corrected chi connectivity index (χ4v) is 2.91. The van der Waals surface area contributed by atoms with Crippen LogP contribution in [0.4, 0.5) is 0 Å². The highest BCUT2D eigenvalue weighted by molar-refractivity contribution is 5.20. The van der Waals surface area contributed by atoms with Crippen molar-refractivity contribution in [3.8, 4) is 0 Å². The molecule has 1 saturated carbocycles. The molecule has 2 heteroatoms. The monoisotopic (exact) mass is 138 g/mol. The third kappa shape index (κ3) is 0.453. The molecule has 0 radical (unpaired) electrons. The van der Waals surface area contributed by atoms with E-state index in [1.54, 1.807) is 0 Å². The highest BCUT2D eigenvalue weighted by Crippen LogP contribution is 2.57. The average molecular weight is 138 g/mol. The predicted octanol–water partition coefficient (Wildman–Crippen LogP) is 0.182. The molecule has 4 unspecified atom stereocenters. The summed E-state index contributed by atoms with van der Waals surface area (Å²) >= 11 is 0. The van der Waals surface area contributed by atoms with Gasteiger partial charge in [-0.2, -0.15) is 0 Å². The topological polar surface area (TPSA) is 29.0 Å². The van der Waals surface area contributed by atoms with Crippen LogP contribution < -0.4 is 5.73 Å². The third-order valence-electron chi connectivity index (χ3n) is 3.72. The van der Waals surface area contributed by atoms with E-state index in [9.17, 15) is 0 Å². The van der Waals surface area contributed by atoms with E-state index in [0.717, 1.165) is 11.5 Å². The van der Waals surface area contributed by atoms with Crippen molar-refractivity contribution in [2.75, 3.05) is 13.1 Å². The predicted molar refractivity (Wildman–Crippen MR) is 39.6 cm³/mol. The van der Waals surface area contributed by atoms with Gasteiger partial charge in [0.15, 0.2) is 0 Å². The van der Waals surface area contributed by atoms with Gasteiger partial charge in [0.1, 0.15) is 0 Å². The molecular formula is C8H14N2. The van der Waals surface area contributed by atoms with Crippen LogP contribution in [0.15, 0.2) is 0 Å². The van der Waals surface area contributed by atoms with E-state index in [1.165, 1.54) is 32.4 Å². The third-order valence-corrected chi connectivity index (χ3v) is 3.72. The van der Waals surface area contributed by atoms with Crippen molar-refractivity contribution >= 4 is 0 Å². The molecule has 4 atom stereocenters. The van der Waals surface area contributed by atoms with Crippen LogP contribution in [0.5, 0.6) is 0 Å². The van der Waals surface area contributed by atoms with E-state index in [-0.39, 0.29) is 0 Å². The molecule has 3 rings (SSSR count). The van der Waals surface area contributed by atoms with Crippen molar-refractivity contribution in [1.82, 2.24) is 4.90 Å². The Morgan fingerprint density at radius 1 is 1.50 bits per heavy atom. The number of hydrogen-bond acceptors (Lipinski definition) is 2. The first-order valence-corrected chi connectivity index (χ1v) is 4.32. The van der Waals surface area contributed by atoms with Crippen molar-refractivity contribution in [2.24, 2.45) is 11.7 Å². The van der Waals surface area contributed by atoms with Crippen molar-refractivity contribution < 1.29 is 0 Å². The van der Waals surface area contributed by atoms with E-state index in [0.29, 0.717) is 6.04 Å². The minimum absolute atomic E-state index is 0.487. The largest absolute Gasteiger partial charge is 0.327 e. The highest BCUT2D eigenvalue weighted by Gasteiger charge is 2.64.